The Labute approximate surface area is 96.1 Å². The normalized spacial score (nSPS) is 37.5. The first kappa shape index (κ1) is 11.7. The predicted octanol–water partition coefficient (Wildman–Crippen LogP) is 2.24. The maximum atomic E-state index is 11.8. The van der Waals surface area contributed by atoms with E-state index in [4.69, 9.17) is 0 Å². The molecule has 13 heavy (non-hydrogen) atoms. The van der Waals surface area contributed by atoms with Gasteiger partial charge in [0, 0.05) is 11.1 Å². The molecule has 0 amide bonds. The number of ketones is 1. The van der Waals surface area contributed by atoms with Crippen LogP contribution in [0.25, 0.3) is 0 Å². The Balaban J connectivity index is 3.00. The number of halogens is 2. The first-order chi connectivity index (χ1) is 5.68. The lowest BCUT2D eigenvalue weighted by Gasteiger charge is -2.47. The van der Waals surface area contributed by atoms with Crippen molar-refractivity contribution in [3.8, 4) is 0 Å². The zero-order valence-electron chi connectivity index (χ0n) is 8.32. The highest BCUT2D eigenvalue weighted by Crippen LogP contribution is 2.34. The van der Waals surface area contributed by atoms with Crippen LogP contribution in [0, 0.1) is 0 Å². The zero-order chi connectivity index (χ0) is 10.4. The van der Waals surface area contributed by atoms with Crippen molar-refractivity contribution in [1.29, 1.82) is 0 Å². The van der Waals surface area contributed by atoms with Gasteiger partial charge in [-0.3, -0.25) is 4.79 Å². The van der Waals surface area contributed by atoms with Crippen LogP contribution in [0.15, 0.2) is 0 Å². The number of hydrogen-bond acceptors (Lipinski definition) is 2. The topological polar surface area (TPSA) is 29.1 Å². The number of Topliss-reactive ketones (excluding diaryl/α,β-unsaturated/α-hetero) is 1. The summed E-state index contributed by atoms with van der Waals surface area (Å²) < 4.78 is 0. The van der Waals surface area contributed by atoms with Crippen LogP contribution >= 0.6 is 31.9 Å². The van der Waals surface area contributed by atoms with E-state index in [0.29, 0.717) is 0 Å². The van der Waals surface area contributed by atoms with Crippen LogP contribution in [-0.2, 0) is 4.79 Å². The molecule has 1 saturated heterocycles. The third-order valence-electron chi connectivity index (χ3n) is 2.41. The van der Waals surface area contributed by atoms with E-state index in [1.807, 2.05) is 27.7 Å². The molecule has 2 nitrogen and oxygen atoms in total. The van der Waals surface area contributed by atoms with E-state index in [-0.39, 0.29) is 26.5 Å². The summed E-state index contributed by atoms with van der Waals surface area (Å²) in [5.41, 5.74) is -0.379. The van der Waals surface area contributed by atoms with Gasteiger partial charge in [0.25, 0.3) is 0 Å². The maximum absolute atomic E-state index is 11.8. The molecule has 0 saturated carbocycles. The van der Waals surface area contributed by atoms with Crippen LogP contribution in [0.1, 0.15) is 27.7 Å². The number of alkyl halides is 2. The molecule has 0 bridgehead atoms. The molecule has 2 atom stereocenters. The summed E-state index contributed by atoms with van der Waals surface area (Å²) in [5, 5.41) is 3.45. The predicted molar refractivity (Wildman–Crippen MR) is 61.7 cm³/mol. The summed E-state index contributed by atoms with van der Waals surface area (Å²) in [7, 11) is 0. The Kier molecular flexibility index (Phi) is 2.97. The van der Waals surface area contributed by atoms with Gasteiger partial charge in [-0.1, -0.05) is 31.9 Å². The van der Waals surface area contributed by atoms with Crippen molar-refractivity contribution >= 4 is 37.6 Å². The molecule has 0 aromatic carbocycles. The summed E-state index contributed by atoms with van der Waals surface area (Å²) in [5.74, 6) is 0.216. The Morgan fingerprint density at radius 3 is 1.69 bits per heavy atom. The highest BCUT2D eigenvalue weighted by Gasteiger charge is 2.49. The highest BCUT2D eigenvalue weighted by atomic mass is 79.9. The molecular weight excluding hydrogens is 298 g/mol. The third kappa shape index (κ3) is 2.00. The lowest BCUT2D eigenvalue weighted by Crippen LogP contribution is -2.69. The van der Waals surface area contributed by atoms with Crippen LogP contribution < -0.4 is 5.32 Å². The molecule has 1 rings (SSSR count). The molecule has 1 fully saturated rings. The largest absolute Gasteiger partial charge is 0.304 e. The molecule has 76 valence electrons. The molecule has 1 aliphatic heterocycles. The van der Waals surface area contributed by atoms with Gasteiger partial charge in [0.05, 0.1) is 9.65 Å². The molecular formula is C9H15Br2NO. The molecule has 1 aliphatic rings. The van der Waals surface area contributed by atoms with Crippen LogP contribution in [0.3, 0.4) is 0 Å². The van der Waals surface area contributed by atoms with E-state index in [1.165, 1.54) is 0 Å². The van der Waals surface area contributed by atoms with Gasteiger partial charge in [-0.25, -0.2) is 0 Å². The minimum absolute atomic E-state index is 0.127. The van der Waals surface area contributed by atoms with E-state index >= 15 is 0 Å². The van der Waals surface area contributed by atoms with Gasteiger partial charge in [-0.05, 0) is 27.7 Å². The molecule has 0 aromatic heterocycles. The average molecular weight is 313 g/mol. The first-order valence-corrected chi connectivity index (χ1v) is 6.13. The quantitative estimate of drug-likeness (QED) is 0.695. The monoisotopic (exact) mass is 311 g/mol. The van der Waals surface area contributed by atoms with Gasteiger partial charge in [0.1, 0.15) is 0 Å². The summed E-state index contributed by atoms with van der Waals surface area (Å²) in [6, 6.07) is 0. The van der Waals surface area contributed by atoms with Crippen molar-refractivity contribution in [3.63, 3.8) is 0 Å². The lowest BCUT2D eigenvalue weighted by atomic mass is 9.82. The summed E-state index contributed by atoms with van der Waals surface area (Å²) in [6.07, 6.45) is 0. The Morgan fingerprint density at radius 2 is 1.38 bits per heavy atom. The zero-order valence-corrected chi connectivity index (χ0v) is 11.5. The summed E-state index contributed by atoms with van der Waals surface area (Å²) in [6.45, 7) is 8.13. The average Bonchev–Trinajstić information content (AvgIpc) is 1.96. The molecule has 0 aromatic rings. The summed E-state index contributed by atoms with van der Waals surface area (Å²) in [4.78, 5) is 11.6. The highest BCUT2D eigenvalue weighted by molar-refractivity contribution is 9.10. The standard InChI is InChI=1S/C9H15Br2NO/c1-8(2)6(10)5(13)7(11)9(3,4)12-8/h6-7,12H,1-4H3. The Morgan fingerprint density at radius 1 is 1.08 bits per heavy atom. The van der Waals surface area contributed by atoms with Crippen molar-refractivity contribution in [2.75, 3.05) is 0 Å². The minimum Gasteiger partial charge on any atom is -0.304 e. The van der Waals surface area contributed by atoms with E-state index in [9.17, 15) is 4.79 Å². The van der Waals surface area contributed by atoms with Crippen molar-refractivity contribution in [3.05, 3.63) is 0 Å². The fourth-order valence-electron chi connectivity index (χ4n) is 1.80. The molecule has 1 N–H and O–H groups in total. The van der Waals surface area contributed by atoms with Gasteiger partial charge in [0.15, 0.2) is 5.78 Å². The number of rotatable bonds is 0. The lowest BCUT2D eigenvalue weighted by molar-refractivity contribution is -0.122. The molecule has 4 heteroatoms. The van der Waals surface area contributed by atoms with Crippen LogP contribution in [0.4, 0.5) is 0 Å². The van der Waals surface area contributed by atoms with E-state index in [0.717, 1.165) is 0 Å². The second kappa shape index (κ2) is 3.31. The Bertz CT molecular complexity index is 216. The molecule has 2 unspecified atom stereocenters. The fourth-order valence-corrected chi connectivity index (χ4v) is 2.91. The number of nitrogens with one attached hydrogen (secondary N) is 1. The van der Waals surface area contributed by atoms with Crippen molar-refractivity contribution in [2.24, 2.45) is 0 Å². The van der Waals surface area contributed by atoms with Gasteiger partial charge in [-0.2, -0.15) is 0 Å². The van der Waals surface area contributed by atoms with Crippen molar-refractivity contribution in [1.82, 2.24) is 5.32 Å². The van der Waals surface area contributed by atoms with Crippen LogP contribution in [-0.4, -0.2) is 26.5 Å². The van der Waals surface area contributed by atoms with Gasteiger partial charge >= 0.3 is 0 Å². The third-order valence-corrected chi connectivity index (χ3v) is 5.60. The van der Waals surface area contributed by atoms with E-state index in [1.54, 1.807) is 0 Å². The van der Waals surface area contributed by atoms with Crippen molar-refractivity contribution < 1.29 is 4.79 Å². The van der Waals surface area contributed by atoms with E-state index in [2.05, 4.69) is 37.2 Å². The second-order valence-corrected chi connectivity index (χ2v) is 6.53. The van der Waals surface area contributed by atoms with Crippen LogP contribution in [0.5, 0.6) is 0 Å². The SMILES string of the molecule is CC1(C)NC(C)(C)C(Br)C(=O)C1Br. The number of carbonyl (C=O) groups excluding carboxylic acids is 1. The van der Waals surface area contributed by atoms with Gasteiger partial charge in [-0.15, -0.1) is 0 Å². The van der Waals surface area contributed by atoms with Crippen molar-refractivity contribution in [2.45, 2.75) is 48.4 Å². The molecule has 1 heterocycles. The van der Waals surface area contributed by atoms with Crippen LogP contribution in [0.2, 0.25) is 0 Å². The first-order valence-electron chi connectivity index (χ1n) is 4.30. The molecule has 0 spiro atoms. The Hall–Kier alpha value is 0.590. The number of hydrogen-bond donors (Lipinski definition) is 1. The molecule has 0 aliphatic carbocycles. The van der Waals surface area contributed by atoms with Gasteiger partial charge in [0.2, 0.25) is 0 Å². The number of piperidine rings is 1. The van der Waals surface area contributed by atoms with E-state index < -0.39 is 0 Å². The minimum atomic E-state index is -0.190. The smallest absolute Gasteiger partial charge is 0.163 e. The maximum Gasteiger partial charge on any atom is 0.163 e. The summed E-state index contributed by atoms with van der Waals surface area (Å²) >= 11 is 6.85. The fraction of sp³-hybridized carbons (Fsp3) is 0.889. The number of carbonyl (C=O) groups is 1. The molecule has 0 radical (unpaired) electrons. The second-order valence-electron chi connectivity index (χ2n) is 4.70. The van der Waals surface area contributed by atoms with Gasteiger partial charge < -0.3 is 5.32 Å².